The minimum absolute atomic E-state index is 0. The second-order valence-electron chi connectivity index (χ2n) is 6.48. The highest BCUT2D eigenvalue weighted by Crippen LogP contribution is 2.21. The molecule has 3 heterocycles. The van der Waals surface area contributed by atoms with Gasteiger partial charge in [0.25, 0.3) is 5.91 Å². The van der Waals surface area contributed by atoms with Crippen molar-refractivity contribution >= 4 is 42.2 Å². The number of nitrogens with zero attached hydrogens (tertiary/aromatic N) is 5. The fraction of sp³-hybridized carbons (Fsp3) is 0.556. The molecule has 0 radical (unpaired) electrons. The standard InChI is InChI=1S/C18H27N7O.2ClH/c1-4-24(5-2)16-7-6-14(12-20-16)21-18(26)17-13(3)25(23-22-17)15-8-10-19-11-9-15;;/h6-7,12,15,19H,4-5,8-11H2,1-3H3,(H,21,26);2*1H. The van der Waals surface area contributed by atoms with E-state index < -0.39 is 0 Å². The summed E-state index contributed by atoms with van der Waals surface area (Å²) in [5.74, 6) is 0.654. The van der Waals surface area contributed by atoms with Gasteiger partial charge < -0.3 is 15.5 Å². The summed E-state index contributed by atoms with van der Waals surface area (Å²) in [4.78, 5) is 19.2. The number of aromatic nitrogens is 4. The van der Waals surface area contributed by atoms with Crippen LogP contribution in [-0.2, 0) is 0 Å². The number of amides is 1. The van der Waals surface area contributed by atoms with Crippen LogP contribution in [0.15, 0.2) is 18.3 Å². The summed E-state index contributed by atoms with van der Waals surface area (Å²) < 4.78 is 1.89. The van der Waals surface area contributed by atoms with Crippen LogP contribution in [-0.4, -0.2) is 52.1 Å². The average molecular weight is 430 g/mol. The van der Waals surface area contributed by atoms with E-state index in [0.29, 0.717) is 17.4 Å². The smallest absolute Gasteiger partial charge is 0.278 e. The summed E-state index contributed by atoms with van der Waals surface area (Å²) in [5.41, 5.74) is 1.83. The number of halogens is 2. The van der Waals surface area contributed by atoms with E-state index in [9.17, 15) is 4.79 Å². The highest BCUT2D eigenvalue weighted by Gasteiger charge is 2.23. The lowest BCUT2D eigenvalue weighted by Crippen LogP contribution is -2.30. The molecule has 1 aliphatic heterocycles. The Morgan fingerprint density at radius 2 is 1.93 bits per heavy atom. The summed E-state index contributed by atoms with van der Waals surface area (Å²) in [6.45, 7) is 9.82. The van der Waals surface area contributed by atoms with Crippen molar-refractivity contribution in [3.8, 4) is 0 Å². The molecule has 1 fully saturated rings. The third kappa shape index (κ3) is 5.33. The normalized spacial score (nSPS) is 14.0. The molecule has 0 aliphatic carbocycles. The van der Waals surface area contributed by atoms with Crippen LogP contribution in [0.25, 0.3) is 0 Å². The van der Waals surface area contributed by atoms with Crippen LogP contribution in [0.1, 0.15) is 48.9 Å². The lowest BCUT2D eigenvalue weighted by atomic mass is 10.1. The zero-order valence-corrected chi connectivity index (χ0v) is 18.1. The molecular formula is C18H29Cl2N7O. The molecule has 2 aromatic heterocycles. The molecule has 156 valence electrons. The molecule has 1 amide bonds. The Bertz CT molecular complexity index is 741. The number of pyridine rings is 1. The molecule has 2 aromatic rings. The first-order valence-electron chi connectivity index (χ1n) is 9.28. The number of anilines is 2. The Labute approximate surface area is 178 Å². The molecular weight excluding hydrogens is 401 g/mol. The lowest BCUT2D eigenvalue weighted by Gasteiger charge is -2.23. The number of carbonyl (C=O) groups is 1. The molecule has 2 N–H and O–H groups in total. The second-order valence-corrected chi connectivity index (χ2v) is 6.48. The molecule has 0 aromatic carbocycles. The Morgan fingerprint density at radius 1 is 1.25 bits per heavy atom. The van der Waals surface area contributed by atoms with Crippen LogP contribution in [0.2, 0.25) is 0 Å². The molecule has 10 heteroatoms. The van der Waals surface area contributed by atoms with Gasteiger partial charge in [0, 0.05) is 13.1 Å². The molecule has 0 unspecified atom stereocenters. The number of hydrogen-bond donors (Lipinski definition) is 2. The van der Waals surface area contributed by atoms with Gasteiger partial charge in [0.05, 0.1) is 23.6 Å². The predicted molar refractivity (Wildman–Crippen MR) is 116 cm³/mol. The minimum atomic E-state index is -0.250. The summed E-state index contributed by atoms with van der Waals surface area (Å²) in [6.07, 6.45) is 3.68. The van der Waals surface area contributed by atoms with E-state index in [1.807, 2.05) is 23.7 Å². The summed E-state index contributed by atoms with van der Waals surface area (Å²) in [6, 6.07) is 4.09. The molecule has 0 spiro atoms. The third-order valence-corrected chi connectivity index (χ3v) is 4.89. The lowest BCUT2D eigenvalue weighted by molar-refractivity contribution is 0.102. The molecule has 0 saturated carbocycles. The van der Waals surface area contributed by atoms with Gasteiger partial charge in [0.15, 0.2) is 5.69 Å². The first-order chi connectivity index (χ1) is 12.6. The quantitative estimate of drug-likeness (QED) is 0.733. The van der Waals surface area contributed by atoms with Gasteiger partial charge in [-0.25, -0.2) is 9.67 Å². The Hall–Kier alpha value is -1.90. The molecule has 0 atom stereocenters. The maximum atomic E-state index is 12.6. The van der Waals surface area contributed by atoms with Gasteiger partial charge in [-0.15, -0.1) is 29.9 Å². The average Bonchev–Trinajstić information content (AvgIpc) is 3.06. The van der Waals surface area contributed by atoms with E-state index in [2.05, 4.69) is 44.7 Å². The van der Waals surface area contributed by atoms with E-state index in [4.69, 9.17) is 0 Å². The van der Waals surface area contributed by atoms with Crippen LogP contribution in [0.5, 0.6) is 0 Å². The maximum Gasteiger partial charge on any atom is 0.278 e. The maximum absolute atomic E-state index is 12.6. The SMILES string of the molecule is CCN(CC)c1ccc(NC(=O)c2nnn(C3CCNCC3)c2C)cn1.Cl.Cl. The highest BCUT2D eigenvalue weighted by atomic mass is 35.5. The Balaban J connectivity index is 0.00000196. The zero-order valence-electron chi connectivity index (χ0n) is 16.5. The van der Waals surface area contributed by atoms with Gasteiger partial charge in [-0.2, -0.15) is 0 Å². The van der Waals surface area contributed by atoms with Crippen LogP contribution in [0, 0.1) is 6.92 Å². The fourth-order valence-corrected chi connectivity index (χ4v) is 3.33. The van der Waals surface area contributed by atoms with Gasteiger partial charge in [-0.1, -0.05) is 5.21 Å². The first-order valence-corrected chi connectivity index (χ1v) is 9.28. The third-order valence-electron chi connectivity index (χ3n) is 4.89. The van der Waals surface area contributed by atoms with Crippen LogP contribution in [0.4, 0.5) is 11.5 Å². The van der Waals surface area contributed by atoms with Crippen molar-refractivity contribution in [3.63, 3.8) is 0 Å². The Morgan fingerprint density at radius 3 is 2.50 bits per heavy atom. The number of carbonyl (C=O) groups excluding carboxylic acids is 1. The van der Waals surface area contributed by atoms with Crippen LogP contribution >= 0.6 is 24.8 Å². The van der Waals surface area contributed by atoms with Crippen molar-refractivity contribution < 1.29 is 4.79 Å². The van der Waals surface area contributed by atoms with E-state index in [1.54, 1.807) is 6.20 Å². The molecule has 0 bridgehead atoms. The van der Waals surface area contributed by atoms with Gasteiger partial charge in [0.2, 0.25) is 0 Å². The van der Waals surface area contributed by atoms with Gasteiger partial charge in [-0.3, -0.25) is 4.79 Å². The minimum Gasteiger partial charge on any atom is -0.357 e. The number of nitrogens with one attached hydrogen (secondary N) is 2. The van der Waals surface area contributed by atoms with E-state index >= 15 is 0 Å². The fourth-order valence-electron chi connectivity index (χ4n) is 3.33. The van der Waals surface area contributed by atoms with Crippen molar-refractivity contribution in [3.05, 3.63) is 29.7 Å². The van der Waals surface area contributed by atoms with Crippen molar-refractivity contribution in [1.29, 1.82) is 0 Å². The van der Waals surface area contributed by atoms with E-state index in [0.717, 1.165) is 50.5 Å². The summed E-state index contributed by atoms with van der Waals surface area (Å²) in [5, 5.41) is 14.5. The summed E-state index contributed by atoms with van der Waals surface area (Å²) in [7, 11) is 0. The molecule has 1 saturated heterocycles. The van der Waals surface area contributed by atoms with Gasteiger partial charge >= 0.3 is 0 Å². The first kappa shape index (κ1) is 24.1. The number of hydrogen-bond acceptors (Lipinski definition) is 6. The number of piperidine rings is 1. The monoisotopic (exact) mass is 429 g/mol. The molecule has 1 aliphatic rings. The Kier molecular flexibility index (Phi) is 9.64. The molecule has 3 rings (SSSR count). The molecule has 28 heavy (non-hydrogen) atoms. The summed E-state index contributed by atoms with van der Waals surface area (Å²) >= 11 is 0. The second kappa shape index (κ2) is 11.2. The van der Waals surface area contributed by atoms with Crippen molar-refractivity contribution in [2.24, 2.45) is 0 Å². The van der Waals surface area contributed by atoms with E-state index in [-0.39, 0.29) is 30.7 Å². The van der Waals surface area contributed by atoms with Crippen molar-refractivity contribution in [1.82, 2.24) is 25.3 Å². The van der Waals surface area contributed by atoms with E-state index in [1.165, 1.54) is 0 Å². The van der Waals surface area contributed by atoms with Crippen LogP contribution in [0.3, 0.4) is 0 Å². The zero-order chi connectivity index (χ0) is 18.5. The largest absolute Gasteiger partial charge is 0.357 e. The van der Waals surface area contributed by atoms with Gasteiger partial charge in [0.1, 0.15) is 5.82 Å². The molecule has 8 nitrogen and oxygen atoms in total. The highest BCUT2D eigenvalue weighted by molar-refractivity contribution is 6.03. The number of rotatable bonds is 6. The van der Waals surface area contributed by atoms with Gasteiger partial charge in [-0.05, 0) is 58.8 Å². The van der Waals surface area contributed by atoms with Crippen LogP contribution < -0.4 is 15.5 Å². The predicted octanol–water partition coefficient (Wildman–Crippen LogP) is 2.85. The topological polar surface area (TPSA) is 88.0 Å². The van der Waals surface area contributed by atoms with Crippen molar-refractivity contribution in [2.45, 2.75) is 39.7 Å². The van der Waals surface area contributed by atoms with Crippen molar-refractivity contribution in [2.75, 3.05) is 36.4 Å².